The highest BCUT2D eigenvalue weighted by Gasteiger charge is 2.27. The number of ether oxygens (including phenoxy) is 1. The molecule has 1 saturated heterocycles. The molecule has 1 atom stereocenters. The Kier molecular flexibility index (Phi) is 6.16. The number of benzene rings is 1. The fourth-order valence-electron chi connectivity index (χ4n) is 3.95. The van der Waals surface area contributed by atoms with Crippen LogP contribution in [0.1, 0.15) is 40.5 Å². The monoisotopic (exact) mass is 416 g/mol. The lowest BCUT2D eigenvalue weighted by atomic mass is 9.93. The van der Waals surface area contributed by atoms with Crippen LogP contribution >= 0.6 is 0 Å². The van der Waals surface area contributed by atoms with E-state index in [-0.39, 0.29) is 11.8 Å². The first kappa shape index (κ1) is 20.8. The summed E-state index contributed by atoms with van der Waals surface area (Å²) in [4.78, 5) is 25.7. The number of hydrogen-bond acceptors (Lipinski definition) is 5. The Bertz CT molecular complexity index is 1040. The highest BCUT2D eigenvalue weighted by molar-refractivity contribution is 5.94. The molecule has 3 heterocycles. The molecule has 160 valence electrons. The number of anilines is 1. The Morgan fingerprint density at radius 1 is 1.13 bits per heavy atom. The molecular weight excluding hydrogens is 388 g/mol. The zero-order valence-electron chi connectivity index (χ0n) is 18.3. The average molecular weight is 417 g/mol. The molecule has 1 aliphatic heterocycles. The van der Waals surface area contributed by atoms with Gasteiger partial charge in [0, 0.05) is 74.7 Å². The van der Waals surface area contributed by atoms with E-state index in [0.717, 1.165) is 48.0 Å². The molecule has 1 unspecified atom stereocenters. The van der Waals surface area contributed by atoms with Crippen molar-refractivity contribution in [2.75, 3.05) is 32.1 Å². The van der Waals surface area contributed by atoms with Crippen molar-refractivity contribution in [3.05, 3.63) is 77.9 Å². The van der Waals surface area contributed by atoms with Gasteiger partial charge in [-0.3, -0.25) is 14.8 Å². The van der Waals surface area contributed by atoms with Gasteiger partial charge in [0.25, 0.3) is 5.91 Å². The van der Waals surface area contributed by atoms with Crippen molar-refractivity contribution in [2.45, 2.75) is 25.7 Å². The van der Waals surface area contributed by atoms with Crippen LogP contribution < -0.4 is 9.64 Å². The molecule has 0 bridgehead atoms. The minimum atomic E-state index is 0.0305. The Balaban J connectivity index is 1.50. The Morgan fingerprint density at radius 3 is 2.65 bits per heavy atom. The molecule has 6 nitrogen and oxygen atoms in total. The molecule has 6 heteroatoms. The zero-order valence-corrected chi connectivity index (χ0v) is 18.3. The van der Waals surface area contributed by atoms with Crippen LogP contribution in [0, 0.1) is 6.92 Å². The number of amides is 1. The van der Waals surface area contributed by atoms with Crippen LogP contribution in [0.3, 0.4) is 0 Å². The van der Waals surface area contributed by atoms with Gasteiger partial charge in [-0.05, 0) is 56.2 Å². The summed E-state index contributed by atoms with van der Waals surface area (Å²) in [7, 11) is 4.03. The SMILES string of the molecule is Cc1cc(Oc2ccc(N(C)C)cc2)cc(C2CCCN(C(=O)c3cccnc3)C2)n1. The van der Waals surface area contributed by atoms with E-state index in [1.54, 1.807) is 18.5 Å². The normalized spacial score (nSPS) is 16.1. The molecule has 0 N–H and O–H groups in total. The van der Waals surface area contributed by atoms with Gasteiger partial charge < -0.3 is 14.5 Å². The first-order valence-corrected chi connectivity index (χ1v) is 10.6. The molecule has 1 amide bonds. The van der Waals surface area contributed by atoms with E-state index in [1.165, 1.54) is 0 Å². The minimum Gasteiger partial charge on any atom is -0.457 e. The van der Waals surface area contributed by atoms with E-state index in [1.807, 2.05) is 68.4 Å². The second-order valence-corrected chi connectivity index (χ2v) is 8.19. The molecule has 0 aliphatic carbocycles. The second-order valence-electron chi connectivity index (χ2n) is 8.19. The number of likely N-dealkylation sites (tertiary alicyclic amines) is 1. The van der Waals surface area contributed by atoms with E-state index < -0.39 is 0 Å². The number of rotatable bonds is 5. The third kappa shape index (κ3) is 5.02. The summed E-state index contributed by atoms with van der Waals surface area (Å²) in [5, 5.41) is 0. The first-order valence-electron chi connectivity index (χ1n) is 10.6. The predicted molar refractivity (Wildman–Crippen MR) is 122 cm³/mol. The highest BCUT2D eigenvalue weighted by Crippen LogP contribution is 2.31. The maximum atomic E-state index is 12.9. The summed E-state index contributed by atoms with van der Waals surface area (Å²) in [6.45, 7) is 3.39. The maximum Gasteiger partial charge on any atom is 0.255 e. The predicted octanol–water partition coefficient (Wildman–Crippen LogP) is 4.66. The Labute approximate surface area is 183 Å². The van der Waals surface area contributed by atoms with Gasteiger partial charge in [-0.25, -0.2) is 0 Å². The van der Waals surface area contributed by atoms with Crippen molar-refractivity contribution in [1.82, 2.24) is 14.9 Å². The third-order valence-electron chi connectivity index (χ3n) is 5.57. The summed E-state index contributed by atoms with van der Waals surface area (Å²) in [6.07, 6.45) is 5.27. The standard InChI is InChI=1S/C25H28N4O2/c1-18-14-23(31-22-10-8-21(9-11-22)28(2)3)15-24(27-18)20-7-5-13-29(17-20)25(30)19-6-4-12-26-16-19/h4,6,8-12,14-16,20H,5,7,13,17H2,1-3H3. The maximum absolute atomic E-state index is 12.9. The van der Waals surface area contributed by atoms with Crippen molar-refractivity contribution in [2.24, 2.45) is 0 Å². The number of hydrogen-bond donors (Lipinski definition) is 0. The number of aromatic nitrogens is 2. The molecule has 0 spiro atoms. The lowest BCUT2D eigenvalue weighted by Crippen LogP contribution is -2.39. The number of aryl methyl sites for hydroxylation is 1. The van der Waals surface area contributed by atoms with Crippen LogP contribution in [-0.2, 0) is 0 Å². The van der Waals surface area contributed by atoms with Gasteiger partial charge in [0.1, 0.15) is 11.5 Å². The Hall–Kier alpha value is -3.41. The van der Waals surface area contributed by atoms with Crippen molar-refractivity contribution in [1.29, 1.82) is 0 Å². The second kappa shape index (κ2) is 9.16. The molecule has 1 aliphatic rings. The lowest BCUT2D eigenvalue weighted by Gasteiger charge is -2.32. The van der Waals surface area contributed by atoms with Crippen molar-refractivity contribution < 1.29 is 9.53 Å². The molecule has 31 heavy (non-hydrogen) atoms. The van der Waals surface area contributed by atoms with Crippen molar-refractivity contribution >= 4 is 11.6 Å². The number of carbonyl (C=O) groups excluding carboxylic acids is 1. The van der Waals surface area contributed by atoms with E-state index in [4.69, 9.17) is 9.72 Å². The summed E-state index contributed by atoms with van der Waals surface area (Å²) >= 11 is 0. The number of carbonyl (C=O) groups is 1. The molecule has 4 rings (SSSR count). The van der Waals surface area contributed by atoms with Crippen molar-refractivity contribution in [3.63, 3.8) is 0 Å². The molecule has 1 fully saturated rings. The van der Waals surface area contributed by atoms with Gasteiger partial charge in [-0.2, -0.15) is 0 Å². The van der Waals surface area contributed by atoms with E-state index in [9.17, 15) is 4.79 Å². The average Bonchev–Trinajstić information content (AvgIpc) is 2.79. The van der Waals surface area contributed by atoms with Crippen LogP contribution in [0.15, 0.2) is 60.9 Å². The van der Waals surface area contributed by atoms with Crippen LogP contribution in [0.5, 0.6) is 11.5 Å². The third-order valence-corrected chi connectivity index (χ3v) is 5.57. The fraction of sp³-hybridized carbons (Fsp3) is 0.320. The van der Waals surface area contributed by atoms with Gasteiger partial charge in [0.15, 0.2) is 0 Å². The van der Waals surface area contributed by atoms with Crippen molar-refractivity contribution in [3.8, 4) is 11.5 Å². The molecule has 1 aromatic carbocycles. The fourth-order valence-corrected chi connectivity index (χ4v) is 3.95. The summed E-state index contributed by atoms with van der Waals surface area (Å²) in [5.41, 5.74) is 3.64. The molecule has 0 saturated carbocycles. The molecular formula is C25H28N4O2. The lowest BCUT2D eigenvalue weighted by molar-refractivity contribution is 0.0705. The van der Waals surface area contributed by atoms with Crippen LogP contribution in [0.4, 0.5) is 5.69 Å². The molecule has 2 aromatic heterocycles. The largest absolute Gasteiger partial charge is 0.457 e. The highest BCUT2D eigenvalue weighted by atomic mass is 16.5. The van der Waals surface area contributed by atoms with Gasteiger partial charge >= 0.3 is 0 Å². The van der Waals surface area contributed by atoms with E-state index >= 15 is 0 Å². The Morgan fingerprint density at radius 2 is 1.94 bits per heavy atom. The van der Waals surface area contributed by atoms with Gasteiger partial charge in [-0.15, -0.1) is 0 Å². The van der Waals surface area contributed by atoms with Gasteiger partial charge in [0.05, 0.1) is 5.56 Å². The topological polar surface area (TPSA) is 58.6 Å². The van der Waals surface area contributed by atoms with E-state index in [0.29, 0.717) is 12.1 Å². The number of nitrogens with zero attached hydrogens (tertiary/aromatic N) is 4. The summed E-state index contributed by atoms with van der Waals surface area (Å²) in [5.74, 6) is 1.78. The minimum absolute atomic E-state index is 0.0305. The summed E-state index contributed by atoms with van der Waals surface area (Å²) < 4.78 is 6.12. The summed E-state index contributed by atoms with van der Waals surface area (Å²) in [6, 6.07) is 15.6. The molecule has 3 aromatic rings. The zero-order chi connectivity index (χ0) is 21.8. The van der Waals surface area contributed by atoms with Gasteiger partial charge in [-0.1, -0.05) is 0 Å². The number of piperidine rings is 1. The van der Waals surface area contributed by atoms with Crippen LogP contribution in [-0.4, -0.2) is 48.0 Å². The quantitative estimate of drug-likeness (QED) is 0.605. The first-order chi connectivity index (χ1) is 15.0. The smallest absolute Gasteiger partial charge is 0.255 e. The van der Waals surface area contributed by atoms with Gasteiger partial charge in [0.2, 0.25) is 0 Å². The molecule has 0 radical (unpaired) electrons. The number of pyridine rings is 2. The van der Waals surface area contributed by atoms with Crippen LogP contribution in [0.25, 0.3) is 0 Å². The van der Waals surface area contributed by atoms with Crippen LogP contribution in [0.2, 0.25) is 0 Å². The van der Waals surface area contributed by atoms with E-state index in [2.05, 4.69) is 9.88 Å².